The smallest absolute Gasteiger partial charge is 0.211 e. The monoisotopic (exact) mass is 283 g/mol. The van der Waals surface area contributed by atoms with Crippen molar-refractivity contribution < 1.29 is 13.2 Å². The molecule has 1 heterocycles. The third-order valence-corrected chi connectivity index (χ3v) is 5.19. The van der Waals surface area contributed by atoms with Gasteiger partial charge in [0.1, 0.15) is 0 Å². The molecule has 0 aliphatic carbocycles. The van der Waals surface area contributed by atoms with Crippen LogP contribution in [0.15, 0.2) is 30.3 Å². The molecular weight excluding hydrogens is 262 g/mol. The molecule has 1 aromatic carbocycles. The lowest BCUT2D eigenvalue weighted by Gasteiger charge is -2.37. The lowest BCUT2D eigenvalue weighted by molar-refractivity contribution is 0.0517. The van der Waals surface area contributed by atoms with Crippen LogP contribution in [-0.4, -0.2) is 33.9 Å². The molecule has 0 atom stereocenters. The number of rotatable bonds is 5. The van der Waals surface area contributed by atoms with Gasteiger partial charge in [-0.15, -0.1) is 0 Å². The summed E-state index contributed by atoms with van der Waals surface area (Å²) in [4.78, 5) is 0. The quantitative estimate of drug-likeness (QED) is 0.894. The van der Waals surface area contributed by atoms with E-state index in [0.717, 1.165) is 12.8 Å². The second-order valence-corrected chi connectivity index (χ2v) is 7.08. The molecule has 1 aliphatic rings. The minimum absolute atomic E-state index is 0.119. The van der Waals surface area contributed by atoms with Crippen molar-refractivity contribution in [2.45, 2.75) is 25.2 Å². The second kappa shape index (κ2) is 6.03. The van der Waals surface area contributed by atoms with Crippen molar-refractivity contribution in [1.82, 2.24) is 4.72 Å². The van der Waals surface area contributed by atoms with Gasteiger partial charge in [0.25, 0.3) is 0 Å². The van der Waals surface area contributed by atoms with Gasteiger partial charge in [0.15, 0.2) is 0 Å². The minimum Gasteiger partial charge on any atom is -0.381 e. The maximum atomic E-state index is 11.7. The van der Waals surface area contributed by atoms with Gasteiger partial charge in [-0.3, -0.25) is 0 Å². The van der Waals surface area contributed by atoms with Crippen LogP contribution in [-0.2, 0) is 20.2 Å². The molecule has 1 aliphatic heterocycles. The largest absolute Gasteiger partial charge is 0.381 e. The minimum atomic E-state index is -3.16. The van der Waals surface area contributed by atoms with Gasteiger partial charge in [0.05, 0.1) is 5.75 Å². The van der Waals surface area contributed by atoms with Crippen molar-refractivity contribution in [2.75, 3.05) is 25.5 Å². The highest BCUT2D eigenvalue weighted by atomic mass is 32.2. The Balaban J connectivity index is 2.21. The topological polar surface area (TPSA) is 55.4 Å². The van der Waals surface area contributed by atoms with E-state index in [2.05, 4.69) is 16.9 Å². The molecule has 4 nitrogen and oxygen atoms in total. The van der Waals surface area contributed by atoms with Crippen LogP contribution < -0.4 is 4.72 Å². The highest BCUT2D eigenvalue weighted by Gasteiger charge is 2.35. The normalized spacial score (nSPS) is 19.2. The summed E-state index contributed by atoms with van der Waals surface area (Å²) < 4.78 is 31.5. The van der Waals surface area contributed by atoms with Gasteiger partial charge in [-0.1, -0.05) is 30.3 Å². The van der Waals surface area contributed by atoms with Crippen molar-refractivity contribution in [3.8, 4) is 0 Å². The average Bonchev–Trinajstić information content (AvgIpc) is 2.47. The molecule has 0 bridgehead atoms. The Hall–Kier alpha value is -0.910. The summed E-state index contributed by atoms with van der Waals surface area (Å²) in [5, 5.41) is 0. The van der Waals surface area contributed by atoms with Crippen LogP contribution in [0, 0.1) is 0 Å². The molecule has 0 spiro atoms. The van der Waals surface area contributed by atoms with Gasteiger partial charge in [-0.2, -0.15) is 0 Å². The zero-order chi connectivity index (χ0) is 13.8. The third kappa shape index (κ3) is 3.55. The maximum Gasteiger partial charge on any atom is 0.211 e. The van der Waals surface area contributed by atoms with Gasteiger partial charge in [-0.05, 0) is 25.3 Å². The van der Waals surface area contributed by atoms with E-state index in [-0.39, 0.29) is 11.2 Å². The number of hydrogen-bond acceptors (Lipinski definition) is 3. The first-order chi connectivity index (χ1) is 9.08. The second-order valence-electron chi connectivity index (χ2n) is 4.98. The summed E-state index contributed by atoms with van der Waals surface area (Å²) in [6.07, 6.45) is 1.70. The number of hydrogen-bond donors (Lipinski definition) is 1. The molecule has 0 amide bonds. The summed E-state index contributed by atoms with van der Waals surface area (Å²) in [6.45, 7) is 3.48. The summed E-state index contributed by atoms with van der Waals surface area (Å²) in [5.41, 5.74) is 1.05. The van der Waals surface area contributed by atoms with Crippen molar-refractivity contribution >= 4 is 10.0 Å². The first kappa shape index (κ1) is 14.5. The Labute approximate surface area is 115 Å². The first-order valence-corrected chi connectivity index (χ1v) is 8.34. The van der Waals surface area contributed by atoms with Crippen molar-refractivity contribution in [1.29, 1.82) is 0 Å². The van der Waals surface area contributed by atoms with Gasteiger partial charge in [0, 0.05) is 25.2 Å². The van der Waals surface area contributed by atoms with Gasteiger partial charge >= 0.3 is 0 Å². The van der Waals surface area contributed by atoms with E-state index in [4.69, 9.17) is 4.74 Å². The predicted octanol–water partition coefficient (Wildman–Crippen LogP) is 1.67. The van der Waals surface area contributed by atoms with E-state index in [0.29, 0.717) is 19.8 Å². The summed E-state index contributed by atoms with van der Waals surface area (Å²) >= 11 is 0. The Morgan fingerprint density at radius 2 is 1.84 bits per heavy atom. The zero-order valence-corrected chi connectivity index (χ0v) is 12.1. The molecule has 1 N–H and O–H groups in total. The molecule has 19 heavy (non-hydrogen) atoms. The molecular formula is C14H21NO3S. The zero-order valence-electron chi connectivity index (χ0n) is 11.3. The average molecular weight is 283 g/mol. The van der Waals surface area contributed by atoms with Gasteiger partial charge in [-0.25, -0.2) is 13.1 Å². The molecule has 0 radical (unpaired) electrons. The lowest BCUT2D eigenvalue weighted by atomic mass is 9.74. The van der Waals surface area contributed by atoms with E-state index in [9.17, 15) is 8.42 Å². The van der Waals surface area contributed by atoms with E-state index in [1.54, 1.807) is 6.92 Å². The highest BCUT2D eigenvalue weighted by Crippen LogP contribution is 2.34. The van der Waals surface area contributed by atoms with Crippen LogP contribution in [0.5, 0.6) is 0 Å². The Kier molecular flexibility index (Phi) is 4.60. The lowest BCUT2D eigenvalue weighted by Crippen LogP contribution is -2.44. The molecule has 1 saturated heterocycles. The van der Waals surface area contributed by atoms with E-state index in [1.807, 2.05) is 18.2 Å². The molecule has 0 saturated carbocycles. The van der Waals surface area contributed by atoms with Crippen molar-refractivity contribution in [2.24, 2.45) is 0 Å². The maximum absolute atomic E-state index is 11.7. The number of sulfonamides is 1. The first-order valence-electron chi connectivity index (χ1n) is 6.69. The van der Waals surface area contributed by atoms with E-state index >= 15 is 0 Å². The van der Waals surface area contributed by atoms with Crippen LogP contribution in [0.25, 0.3) is 0 Å². The molecule has 1 aromatic rings. The fraction of sp³-hybridized carbons (Fsp3) is 0.571. The Morgan fingerprint density at radius 3 is 2.42 bits per heavy atom. The Bertz CT molecular complexity index is 493. The van der Waals surface area contributed by atoms with Crippen LogP contribution in [0.4, 0.5) is 0 Å². The van der Waals surface area contributed by atoms with Gasteiger partial charge < -0.3 is 4.74 Å². The number of nitrogens with one attached hydrogen (secondary N) is 1. The van der Waals surface area contributed by atoms with Crippen LogP contribution in [0.2, 0.25) is 0 Å². The van der Waals surface area contributed by atoms with Crippen molar-refractivity contribution in [3.05, 3.63) is 35.9 Å². The summed E-state index contributed by atoms with van der Waals surface area (Å²) in [7, 11) is -3.16. The molecule has 2 rings (SSSR count). The summed E-state index contributed by atoms with van der Waals surface area (Å²) in [6, 6.07) is 10.1. The van der Waals surface area contributed by atoms with Crippen LogP contribution in [0.1, 0.15) is 25.3 Å². The third-order valence-electron chi connectivity index (χ3n) is 3.85. The molecule has 106 valence electrons. The van der Waals surface area contributed by atoms with E-state index < -0.39 is 10.0 Å². The SMILES string of the molecule is CCS(=O)(=O)NCC1(c2ccccc2)CCOCC1. The molecule has 0 aromatic heterocycles. The number of ether oxygens (including phenoxy) is 1. The molecule has 1 fully saturated rings. The number of benzene rings is 1. The standard InChI is InChI=1S/C14H21NO3S/c1-2-19(16,17)15-12-14(8-10-18-11-9-14)13-6-4-3-5-7-13/h3-7,15H,2,8-12H2,1H3. The molecule has 0 unspecified atom stereocenters. The van der Waals surface area contributed by atoms with Gasteiger partial charge in [0.2, 0.25) is 10.0 Å². The van der Waals surface area contributed by atoms with Crippen molar-refractivity contribution in [3.63, 3.8) is 0 Å². The summed E-state index contributed by atoms with van der Waals surface area (Å²) in [5.74, 6) is 0.119. The Morgan fingerprint density at radius 1 is 1.21 bits per heavy atom. The molecule has 5 heteroatoms. The predicted molar refractivity (Wildman–Crippen MR) is 75.6 cm³/mol. The highest BCUT2D eigenvalue weighted by molar-refractivity contribution is 7.89. The fourth-order valence-corrected chi connectivity index (χ4v) is 3.17. The van der Waals surface area contributed by atoms with E-state index in [1.165, 1.54) is 5.56 Å². The van der Waals surface area contributed by atoms with Crippen LogP contribution in [0.3, 0.4) is 0 Å². The van der Waals surface area contributed by atoms with Crippen LogP contribution >= 0.6 is 0 Å². The fourth-order valence-electron chi connectivity index (χ4n) is 2.47.